The molecule has 2 aliphatic rings. The second kappa shape index (κ2) is 8.84. The van der Waals surface area contributed by atoms with Crippen LogP contribution in [0.4, 0.5) is 11.4 Å². The highest BCUT2D eigenvalue weighted by molar-refractivity contribution is 6.37. The average Bonchev–Trinajstić information content (AvgIpc) is 3.03. The molecule has 2 aromatic rings. The van der Waals surface area contributed by atoms with Crippen LogP contribution in [0.25, 0.3) is 5.57 Å². The average molecular weight is 420 g/mol. The third kappa shape index (κ3) is 4.02. The van der Waals surface area contributed by atoms with Gasteiger partial charge in [0.2, 0.25) is 0 Å². The first-order valence-corrected chi connectivity index (χ1v) is 10.9. The molecule has 0 saturated carbocycles. The molecule has 2 aliphatic heterocycles. The molecule has 0 bridgehead atoms. The molecule has 0 aliphatic carbocycles. The van der Waals surface area contributed by atoms with Gasteiger partial charge in [-0.3, -0.25) is 14.5 Å². The maximum absolute atomic E-state index is 13.0. The van der Waals surface area contributed by atoms with Gasteiger partial charge in [-0.05, 0) is 56.0 Å². The number of anilines is 2. The van der Waals surface area contributed by atoms with Gasteiger partial charge in [0.05, 0.1) is 12.7 Å². The van der Waals surface area contributed by atoms with Crippen LogP contribution in [-0.4, -0.2) is 43.5 Å². The fraction of sp³-hybridized carbons (Fsp3) is 0.360. The minimum atomic E-state index is -0.317. The summed E-state index contributed by atoms with van der Waals surface area (Å²) in [6.07, 6.45) is 2.41. The Morgan fingerprint density at radius 3 is 2.32 bits per heavy atom. The SMILES string of the molecule is CCN1C(=O)C(Nc2ccc(N3CCC(C)CC3)cc2)=C(c2ccccc2OC)C1=O. The number of rotatable bonds is 6. The summed E-state index contributed by atoms with van der Waals surface area (Å²) in [6.45, 7) is 6.54. The van der Waals surface area contributed by atoms with Crippen molar-refractivity contribution in [2.75, 3.05) is 37.0 Å². The van der Waals surface area contributed by atoms with Crippen LogP contribution in [0, 0.1) is 5.92 Å². The number of imide groups is 1. The molecule has 2 heterocycles. The molecule has 2 amide bonds. The first kappa shape index (κ1) is 21.0. The lowest BCUT2D eigenvalue weighted by atomic mass is 9.99. The van der Waals surface area contributed by atoms with Gasteiger partial charge in [0.15, 0.2) is 0 Å². The quantitative estimate of drug-likeness (QED) is 0.713. The van der Waals surface area contributed by atoms with E-state index in [1.165, 1.54) is 23.4 Å². The van der Waals surface area contributed by atoms with E-state index in [4.69, 9.17) is 4.74 Å². The molecule has 6 heteroatoms. The molecule has 2 aromatic carbocycles. The van der Waals surface area contributed by atoms with E-state index in [1.807, 2.05) is 24.3 Å². The van der Waals surface area contributed by atoms with Gasteiger partial charge in [-0.1, -0.05) is 25.1 Å². The summed E-state index contributed by atoms with van der Waals surface area (Å²) < 4.78 is 5.45. The van der Waals surface area contributed by atoms with Gasteiger partial charge >= 0.3 is 0 Å². The fourth-order valence-electron chi connectivity index (χ4n) is 4.25. The Balaban J connectivity index is 1.64. The Bertz CT molecular complexity index is 1000. The zero-order valence-corrected chi connectivity index (χ0v) is 18.4. The number of ether oxygens (including phenoxy) is 1. The number of hydrogen-bond donors (Lipinski definition) is 1. The summed E-state index contributed by atoms with van der Waals surface area (Å²) in [7, 11) is 1.56. The van der Waals surface area contributed by atoms with Crippen molar-refractivity contribution in [3.05, 3.63) is 59.8 Å². The van der Waals surface area contributed by atoms with E-state index >= 15 is 0 Å². The Hall–Kier alpha value is -3.28. The maximum atomic E-state index is 13.0. The zero-order chi connectivity index (χ0) is 22.0. The third-order valence-electron chi connectivity index (χ3n) is 6.15. The van der Waals surface area contributed by atoms with E-state index < -0.39 is 0 Å². The van der Waals surface area contributed by atoms with Gasteiger partial charge in [-0.15, -0.1) is 0 Å². The second-order valence-corrected chi connectivity index (χ2v) is 8.15. The van der Waals surface area contributed by atoms with Gasteiger partial charge in [-0.2, -0.15) is 0 Å². The standard InChI is InChI=1S/C25H29N3O3/c1-4-28-24(29)22(20-7-5-6-8-21(20)31-3)23(25(28)30)26-18-9-11-19(12-10-18)27-15-13-17(2)14-16-27/h5-12,17,26H,4,13-16H2,1-3H3. The van der Waals surface area contributed by atoms with Gasteiger partial charge < -0.3 is 15.0 Å². The van der Waals surface area contributed by atoms with Crippen LogP contribution in [0.15, 0.2) is 54.2 Å². The molecule has 1 fully saturated rings. The van der Waals surface area contributed by atoms with Crippen LogP contribution >= 0.6 is 0 Å². The number of piperidine rings is 1. The van der Waals surface area contributed by atoms with Crippen LogP contribution < -0.4 is 15.0 Å². The van der Waals surface area contributed by atoms with Gasteiger partial charge in [0.1, 0.15) is 11.4 Å². The zero-order valence-electron chi connectivity index (χ0n) is 18.4. The Morgan fingerprint density at radius 1 is 1.00 bits per heavy atom. The Morgan fingerprint density at radius 2 is 1.68 bits per heavy atom. The van der Waals surface area contributed by atoms with Gasteiger partial charge in [0.25, 0.3) is 11.8 Å². The van der Waals surface area contributed by atoms with Crippen molar-refractivity contribution in [3.63, 3.8) is 0 Å². The highest BCUT2D eigenvalue weighted by Crippen LogP contribution is 2.35. The molecule has 6 nitrogen and oxygen atoms in total. The number of carbonyl (C=O) groups is 2. The lowest BCUT2D eigenvalue weighted by molar-refractivity contribution is -0.136. The van der Waals surface area contributed by atoms with Crippen LogP contribution in [0.5, 0.6) is 5.75 Å². The van der Waals surface area contributed by atoms with Crippen LogP contribution in [0.2, 0.25) is 0 Å². The predicted molar refractivity (Wildman–Crippen MR) is 123 cm³/mol. The van der Waals surface area contributed by atoms with Crippen LogP contribution in [-0.2, 0) is 9.59 Å². The second-order valence-electron chi connectivity index (χ2n) is 8.15. The molecule has 0 unspecified atom stereocenters. The number of carbonyl (C=O) groups excluding carboxylic acids is 2. The number of likely N-dealkylation sites (N-methyl/N-ethyl adjacent to an activating group) is 1. The summed E-state index contributed by atoms with van der Waals surface area (Å²) in [5.41, 5.74) is 3.20. The van der Waals surface area contributed by atoms with Crippen molar-refractivity contribution in [1.29, 1.82) is 0 Å². The lowest BCUT2D eigenvalue weighted by Crippen LogP contribution is -2.32. The van der Waals surface area contributed by atoms with Crippen molar-refractivity contribution in [1.82, 2.24) is 4.90 Å². The van der Waals surface area contributed by atoms with Crippen molar-refractivity contribution < 1.29 is 14.3 Å². The Labute approximate surface area is 183 Å². The highest BCUT2D eigenvalue weighted by Gasteiger charge is 2.39. The van der Waals surface area contributed by atoms with Crippen molar-refractivity contribution >= 4 is 28.8 Å². The molecule has 0 aromatic heterocycles. The van der Waals surface area contributed by atoms with E-state index in [-0.39, 0.29) is 17.5 Å². The van der Waals surface area contributed by atoms with Gasteiger partial charge in [-0.25, -0.2) is 0 Å². The molecule has 0 radical (unpaired) electrons. The van der Waals surface area contributed by atoms with E-state index in [0.717, 1.165) is 24.7 Å². The number of hydrogen-bond acceptors (Lipinski definition) is 5. The molecule has 31 heavy (non-hydrogen) atoms. The first-order valence-electron chi connectivity index (χ1n) is 10.9. The van der Waals surface area contributed by atoms with E-state index in [9.17, 15) is 9.59 Å². The van der Waals surface area contributed by atoms with E-state index in [1.54, 1.807) is 26.2 Å². The van der Waals surface area contributed by atoms with Crippen molar-refractivity contribution in [2.45, 2.75) is 26.7 Å². The summed E-state index contributed by atoms with van der Waals surface area (Å²) in [6, 6.07) is 15.3. The molecule has 1 N–H and O–H groups in total. The van der Waals surface area contributed by atoms with Crippen LogP contribution in [0.3, 0.4) is 0 Å². The fourth-order valence-corrected chi connectivity index (χ4v) is 4.25. The summed E-state index contributed by atoms with van der Waals surface area (Å²) >= 11 is 0. The molecule has 4 rings (SSSR count). The lowest BCUT2D eigenvalue weighted by Gasteiger charge is -2.32. The van der Waals surface area contributed by atoms with E-state index in [2.05, 4.69) is 29.3 Å². The first-order chi connectivity index (χ1) is 15.0. The number of nitrogens with one attached hydrogen (secondary N) is 1. The monoisotopic (exact) mass is 419 g/mol. The minimum Gasteiger partial charge on any atom is -0.496 e. The predicted octanol–water partition coefficient (Wildman–Crippen LogP) is 4.14. The molecule has 162 valence electrons. The van der Waals surface area contributed by atoms with Crippen LogP contribution in [0.1, 0.15) is 32.3 Å². The molecule has 0 spiro atoms. The Kier molecular flexibility index (Phi) is 5.98. The summed E-state index contributed by atoms with van der Waals surface area (Å²) in [4.78, 5) is 29.7. The van der Waals surface area contributed by atoms with Gasteiger partial charge in [0, 0.05) is 36.6 Å². The summed E-state index contributed by atoms with van der Waals surface area (Å²) in [5, 5.41) is 3.22. The molecule has 1 saturated heterocycles. The minimum absolute atomic E-state index is 0.288. The normalized spacial score (nSPS) is 17.5. The molecular weight excluding hydrogens is 390 g/mol. The van der Waals surface area contributed by atoms with Crippen molar-refractivity contribution in [3.8, 4) is 5.75 Å². The maximum Gasteiger partial charge on any atom is 0.278 e. The molecule has 0 atom stereocenters. The number of amides is 2. The smallest absolute Gasteiger partial charge is 0.278 e. The molecular formula is C25H29N3O3. The highest BCUT2D eigenvalue weighted by atomic mass is 16.5. The number of methoxy groups -OCH3 is 1. The summed E-state index contributed by atoms with van der Waals surface area (Å²) in [5.74, 6) is 0.719. The van der Waals surface area contributed by atoms with E-state index in [0.29, 0.717) is 23.4 Å². The topological polar surface area (TPSA) is 61.9 Å². The number of nitrogens with zero attached hydrogens (tertiary/aromatic N) is 2. The number of benzene rings is 2. The largest absolute Gasteiger partial charge is 0.496 e. The third-order valence-corrected chi connectivity index (χ3v) is 6.15. The van der Waals surface area contributed by atoms with Crippen molar-refractivity contribution in [2.24, 2.45) is 5.92 Å². The number of para-hydroxylation sites is 1.